The Kier molecular flexibility index (Phi) is 3.37. The van der Waals surface area contributed by atoms with E-state index in [1.54, 1.807) is 16.8 Å². The average molecular weight is 365 g/mol. The summed E-state index contributed by atoms with van der Waals surface area (Å²) in [6, 6.07) is 5.40. The minimum Gasteiger partial charge on any atom is -0.272 e. The molecule has 23 heavy (non-hydrogen) atoms. The largest absolute Gasteiger partial charge is 0.272 e. The summed E-state index contributed by atoms with van der Waals surface area (Å²) in [5.41, 5.74) is 2.72. The highest BCUT2D eigenvalue weighted by Crippen LogP contribution is 2.34. The molecule has 0 aliphatic heterocycles. The number of aryl methyl sites for hydroxylation is 1. The van der Waals surface area contributed by atoms with Gasteiger partial charge in [-0.15, -0.1) is 10.2 Å². The lowest BCUT2D eigenvalue weighted by Crippen LogP contribution is -1.94. The highest BCUT2D eigenvalue weighted by Gasteiger charge is 2.19. The molecule has 4 aromatic rings. The minimum absolute atomic E-state index is 0.440. The first kappa shape index (κ1) is 14.6. The highest BCUT2D eigenvalue weighted by molar-refractivity contribution is 7.19. The fourth-order valence-corrected chi connectivity index (χ4v) is 3.57. The van der Waals surface area contributed by atoms with E-state index in [0.717, 1.165) is 16.3 Å². The number of hydrogen-bond acceptors (Lipinski definition) is 5. The smallest absolute Gasteiger partial charge is 0.235 e. The van der Waals surface area contributed by atoms with E-state index in [2.05, 4.69) is 20.4 Å². The van der Waals surface area contributed by atoms with Crippen LogP contribution in [0.4, 0.5) is 0 Å². The summed E-state index contributed by atoms with van der Waals surface area (Å²) in [7, 11) is 1.90. The van der Waals surface area contributed by atoms with E-state index >= 15 is 0 Å². The molecule has 0 saturated heterocycles. The van der Waals surface area contributed by atoms with Crippen molar-refractivity contribution < 1.29 is 0 Å². The van der Waals surface area contributed by atoms with Crippen molar-refractivity contribution in [1.82, 2.24) is 29.6 Å². The zero-order valence-corrected chi connectivity index (χ0v) is 14.5. The van der Waals surface area contributed by atoms with Gasteiger partial charge in [-0.3, -0.25) is 4.68 Å². The second kappa shape index (κ2) is 5.30. The van der Waals surface area contributed by atoms with E-state index < -0.39 is 0 Å². The van der Waals surface area contributed by atoms with Crippen molar-refractivity contribution in [3.05, 3.63) is 40.1 Å². The summed E-state index contributed by atoms with van der Waals surface area (Å²) in [5, 5.41) is 19.0. The molecule has 0 spiro atoms. The SMILES string of the molecule is Cc1c(-c2nn3c(-c4cccc(Cl)c4Cl)nnc3s2)cnn1C. The first-order valence-electron chi connectivity index (χ1n) is 6.72. The normalized spacial score (nSPS) is 11.5. The minimum atomic E-state index is 0.440. The number of benzene rings is 1. The second-order valence-corrected chi connectivity index (χ2v) is 6.73. The van der Waals surface area contributed by atoms with Crippen LogP contribution in [0.3, 0.4) is 0 Å². The van der Waals surface area contributed by atoms with Crippen molar-refractivity contribution in [2.45, 2.75) is 6.92 Å². The van der Waals surface area contributed by atoms with Gasteiger partial charge in [0.2, 0.25) is 4.96 Å². The Morgan fingerprint density at radius 2 is 1.96 bits per heavy atom. The molecule has 0 radical (unpaired) electrons. The molecule has 9 heteroatoms. The van der Waals surface area contributed by atoms with Gasteiger partial charge in [-0.2, -0.15) is 14.7 Å². The van der Waals surface area contributed by atoms with E-state index in [9.17, 15) is 0 Å². The van der Waals surface area contributed by atoms with Crippen LogP contribution in [-0.4, -0.2) is 29.6 Å². The van der Waals surface area contributed by atoms with Crippen molar-refractivity contribution >= 4 is 39.5 Å². The van der Waals surface area contributed by atoms with Crippen LogP contribution in [0.5, 0.6) is 0 Å². The molecule has 1 aromatic carbocycles. The summed E-state index contributed by atoms with van der Waals surface area (Å²) in [4.78, 5) is 0.689. The number of fused-ring (bicyclic) bond motifs is 1. The molecular formula is C14H10Cl2N6S. The molecule has 0 saturated carbocycles. The Morgan fingerprint density at radius 3 is 2.70 bits per heavy atom. The van der Waals surface area contributed by atoms with Crippen molar-refractivity contribution in [1.29, 1.82) is 0 Å². The molecule has 4 rings (SSSR count). The summed E-state index contributed by atoms with van der Waals surface area (Å²) < 4.78 is 3.50. The van der Waals surface area contributed by atoms with Crippen molar-refractivity contribution in [3.8, 4) is 22.0 Å². The maximum atomic E-state index is 6.29. The highest BCUT2D eigenvalue weighted by atomic mass is 35.5. The Balaban J connectivity index is 1.90. The maximum absolute atomic E-state index is 6.29. The van der Waals surface area contributed by atoms with Gasteiger partial charge in [-0.05, 0) is 19.1 Å². The van der Waals surface area contributed by atoms with Crippen LogP contribution in [0, 0.1) is 6.92 Å². The van der Waals surface area contributed by atoms with Crippen LogP contribution in [0.25, 0.3) is 26.9 Å². The lowest BCUT2D eigenvalue weighted by atomic mass is 10.2. The van der Waals surface area contributed by atoms with Crippen LogP contribution in [0.1, 0.15) is 5.69 Å². The zero-order valence-electron chi connectivity index (χ0n) is 12.2. The van der Waals surface area contributed by atoms with Crippen LogP contribution in [0.2, 0.25) is 10.0 Å². The van der Waals surface area contributed by atoms with E-state index in [1.165, 1.54) is 11.3 Å². The molecule has 0 unspecified atom stereocenters. The zero-order chi connectivity index (χ0) is 16.1. The van der Waals surface area contributed by atoms with Gasteiger partial charge in [0, 0.05) is 18.3 Å². The summed E-state index contributed by atoms with van der Waals surface area (Å²) in [6.45, 7) is 2.00. The quantitative estimate of drug-likeness (QED) is 0.541. The van der Waals surface area contributed by atoms with E-state index in [-0.39, 0.29) is 0 Å². The molecule has 0 aliphatic rings. The van der Waals surface area contributed by atoms with E-state index in [1.807, 2.05) is 30.8 Å². The third-order valence-electron chi connectivity index (χ3n) is 3.65. The van der Waals surface area contributed by atoms with Gasteiger partial charge < -0.3 is 0 Å². The Morgan fingerprint density at radius 1 is 1.13 bits per heavy atom. The number of rotatable bonds is 2. The third kappa shape index (κ3) is 2.23. The van der Waals surface area contributed by atoms with Gasteiger partial charge in [-0.25, -0.2) is 0 Å². The Bertz CT molecular complexity index is 1030. The molecule has 0 aliphatic carbocycles. The van der Waals surface area contributed by atoms with Crippen molar-refractivity contribution in [2.75, 3.05) is 0 Å². The van der Waals surface area contributed by atoms with E-state index in [0.29, 0.717) is 26.4 Å². The molecule has 6 nitrogen and oxygen atoms in total. The summed E-state index contributed by atoms with van der Waals surface area (Å²) in [6.07, 6.45) is 1.80. The van der Waals surface area contributed by atoms with Gasteiger partial charge in [-0.1, -0.05) is 40.6 Å². The third-order valence-corrected chi connectivity index (χ3v) is 5.40. The number of nitrogens with zero attached hydrogens (tertiary/aromatic N) is 6. The molecule has 3 heterocycles. The topological polar surface area (TPSA) is 60.9 Å². The number of hydrogen-bond donors (Lipinski definition) is 0. The van der Waals surface area contributed by atoms with Gasteiger partial charge in [0.15, 0.2) is 10.8 Å². The van der Waals surface area contributed by atoms with Crippen LogP contribution in [-0.2, 0) is 7.05 Å². The van der Waals surface area contributed by atoms with Crippen LogP contribution >= 0.6 is 34.5 Å². The number of aromatic nitrogens is 6. The van der Waals surface area contributed by atoms with Gasteiger partial charge in [0.1, 0.15) is 0 Å². The average Bonchev–Trinajstić information content (AvgIpc) is 3.18. The van der Waals surface area contributed by atoms with Crippen molar-refractivity contribution in [3.63, 3.8) is 0 Å². The predicted molar refractivity (Wildman–Crippen MR) is 91.1 cm³/mol. The second-order valence-electron chi connectivity index (χ2n) is 4.99. The van der Waals surface area contributed by atoms with E-state index in [4.69, 9.17) is 23.2 Å². The molecular weight excluding hydrogens is 355 g/mol. The van der Waals surface area contributed by atoms with Gasteiger partial charge in [0.05, 0.1) is 21.8 Å². The van der Waals surface area contributed by atoms with Crippen molar-refractivity contribution in [2.24, 2.45) is 7.05 Å². The molecule has 116 valence electrons. The molecule has 3 aromatic heterocycles. The first-order chi connectivity index (χ1) is 11.1. The summed E-state index contributed by atoms with van der Waals surface area (Å²) >= 11 is 13.8. The Hall–Kier alpha value is -1.96. The number of halogens is 2. The standard InChI is InChI=1S/C14H10Cl2N6S/c1-7-9(6-17-21(7)2)13-20-22-12(18-19-14(22)23-13)8-4-3-5-10(15)11(8)16/h3-6H,1-2H3. The fraction of sp³-hybridized carbons (Fsp3) is 0.143. The Labute approximate surface area is 145 Å². The molecule has 0 N–H and O–H groups in total. The monoisotopic (exact) mass is 364 g/mol. The van der Waals surface area contributed by atoms with Gasteiger partial charge >= 0.3 is 0 Å². The lowest BCUT2D eigenvalue weighted by Gasteiger charge is -2.02. The molecule has 0 bridgehead atoms. The molecule has 0 fully saturated rings. The molecule has 0 amide bonds. The first-order valence-corrected chi connectivity index (χ1v) is 8.29. The predicted octanol–water partition coefficient (Wildman–Crippen LogP) is 3.87. The van der Waals surface area contributed by atoms with Crippen LogP contribution in [0.15, 0.2) is 24.4 Å². The lowest BCUT2D eigenvalue weighted by molar-refractivity contribution is 0.740. The van der Waals surface area contributed by atoms with Crippen LogP contribution < -0.4 is 0 Å². The summed E-state index contributed by atoms with van der Waals surface area (Å²) in [5.74, 6) is 0.566. The van der Waals surface area contributed by atoms with Gasteiger partial charge in [0.25, 0.3) is 0 Å². The fourth-order valence-electron chi connectivity index (χ4n) is 2.28. The maximum Gasteiger partial charge on any atom is 0.235 e. The molecule has 0 atom stereocenters.